The van der Waals surface area contributed by atoms with Gasteiger partial charge in [0.2, 0.25) is 0 Å². The van der Waals surface area contributed by atoms with Gasteiger partial charge in [0.1, 0.15) is 0 Å². The van der Waals surface area contributed by atoms with Gasteiger partial charge in [-0.05, 0) is 31.6 Å². The molecule has 1 rings (SSSR count). The van der Waals surface area contributed by atoms with Crippen LogP contribution in [-0.2, 0) is 4.79 Å². The molecule has 0 aromatic carbocycles. The zero-order chi connectivity index (χ0) is 9.35. The molecule has 0 amide bonds. The summed E-state index contributed by atoms with van der Waals surface area (Å²) in [7, 11) is 0. The molecule has 70 valence electrons. The van der Waals surface area contributed by atoms with E-state index in [1.165, 1.54) is 0 Å². The van der Waals surface area contributed by atoms with Crippen molar-refractivity contribution in [3.05, 3.63) is 0 Å². The van der Waals surface area contributed by atoms with E-state index in [9.17, 15) is 9.90 Å². The molecule has 12 heavy (non-hydrogen) atoms. The molecule has 3 nitrogen and oxygen atoms in total. The molecule has 0 aromatic heterocycles. The summed E-state index contributed by atoms with van der Waals surface area (Å²) >= 11 is 0. The van der Waals surface area contributed by atoms with E-state index in [4.69, 9.17) is 5.11 Å². The van der Waals surface area contributed by atoms with E-state index < -0.39 is 11.6 Å². The van der Waals surface area contributed by atoms with Crippen molar-refractivity contribution >= 4 is 5.97 Å². The van der Waals surface area contributed by atoms with Gasteiger partial charge in [0.25, 0.3) is 0 Å². The van der Waals surface area contributed by atoms with Gasteiger partial charge in [-0.15, -0.1) is 0 Å². The van der Waals surface area contributed by atoms with E-state index in [1.54, 1.807) is 6.92 Å². The van der Waals surface area contributed by atoms with Gasteiger partial charge in [-0.2, -0.15) is 0 Å². The molecule has 2 N–H and O–H groups in total. The van der Waals surface area contributed by atoms with Crippen LogP contribution in [0.25, 0.3) is 0 Å². The Morgan fingerprint density at radius 2 is 2.25 bits per heavy atom. The number of carbonyl (C=O) groups is 1. The fourth-order valence-corrected chi connectivity index (χ4v) is 1.97. The Balaban J connectivity index is 2.55. The van der Waals surface area contributed by atoms with Crippen LogP contribution >= 0.6 is 0 Å². The van der Waals surface area contributed by atoms with Gasteiger partial charge in [-0.25, -0.2) is 0 Å². The summed E-state index contributed by atoms with van der Waals surface area (Å²) in [6, 6.07) is 0. The van der Waals surface area contributed by atoms with Crippen molar-refractivity contribution in [3.8, 4) is 0 Å². The highest BCUT2D eigenvalue weighted by molar-refractivity contribution is 5.67. The van der Waals surface area contributed by atoms with Crippen molar-refractivity contribution in [2.75, 3.05) is 0 Å². The lowest BCUT2D eigenvalue weighted by Gasteiger charge is -2.24. The second kappa shape index (κ2) is 3.05. The van der Waals surface area contributed by atoms with E-state index in [0.717, 1.165) is 12.8 Å². The normalized spacial score (nSPS) is 41.6. The molecule has 0 aromatic rings. The second-order valence-corrected chi connectivity index (χ2v) is 4.04. The summed E-state index contributed by atoms with van der Waals surface area (Å²) in [5, 5.41) is 18.3. The van der Waals surface area contributed by atoms with Crippen LogP contribution in [0.4, 0.5) is 0 Å². The van der Waals surface area contributed by atoms with Crippen LogP contribution in [0.5, 0.6) is 0 Å². The molecular formula is C9H16O3. The molecule has 3 atom stereocenters. The van der Waals surface area contributed by atoms with Gasteiger partial charge in [-0.1, -0.05) is 6.92 Å². The third-order valence-corrected chi connectivity index (χ3v) is 3.15. The van der Waals surface area contributed by atoms with Gasteiger partial charge >= 0.3 is 5.97 Å². The van der Waals surface area contributed by atoms with Crippen LogP contribution in [0.15, 0.2) is 0 Å². The highest BCUT2D eigenvalue weighted by atomic mass is 16.4. The molecule has 1 aliphatic rings. The van der Waals surface area contributed by atoms with Crippen molar-refractivity contribution in [2.45, 2.75) is 38.7 Å². The fraction of sp³-hybridized carbons (Fsp3) is 0.889. The Morgan fingerprint density at radius 3 is 2.58 bits per heavy atom. The van der Waals surface area contributed by atoms with E-state index in [1.807, 2.05) is 6.92 Å². The molecule has 0 aliphatic heterocycles. The van der Waals surface area contributed by atoms with E-state index in [-0.39, 0.29) is 18.3 Å². The van der Waals surface area contributed by atoms with Crippen molar-refractivity contribution < 1.29 is 15.0 Å². The summed E-state index contributed by atoms with van der Waals surface area (Å²) < 4.78 is 0. The molecule has 0 radical (unpaired) electrons. The third kappa shape index (κ3) is 1.78. The van der Waals surface area contributed by atoms with Crippen molar-refractivity contribution in [3.63, 3.8) is 0 Å². The topological polar surface area (TPSA) is 57.5 Å². The number of carboxylic acid groups (broad SMARTS) is 1. The van der Waals surface area contributed by atoms with Crippen LogP contribution in [0.3, 0.4) is 0 Å². The summed E-state index contributed by atoms with van der Waals surface area (Å²) in [5.41, 5.74) is -0.653. The van der Waals surface area contributed by atoms with E-state index in [0.29, 0.717) is 0 Å². The van der Waals surface area contributed by atoms with Gasteiger partial charge in [0, 0.05) is 6.42 Å². The van der Waals surface area contributed by atoms with E-state index in [2.05, 4.69) is 0 Å². The Bertz CT molecular complexity index is 186. The number of carboxylic acids is 1. The van der Waals surface area contributed by atoms with Gasteiger partial charge < -0.3 is 10.2 Å². The first-order chi connectivity index (χ1) is 5.43. The third-order valence-electron chi connectivity index (χ3n) is 3.15. The summed E-state index contributed by atoms with van der Waals surface area (Å²) in [6.45, 7) is 3.72. The molecule has 1 fully saturated rings. The van der Waals surface area contributed by atoms with Crippen LogP contribution in [-0.4, -0.2) is 21.8 Å². The largest absolute Gasteiger partial charge is 0.481 e. The molecular weight excluding hydrogens is 156 g/mol. The lowest BCUT2D eigenvalue weighted by molar-refractivity contribution is -0.138. The molecule has 1 aliphatic carbocycles. The van der Waals surface area contributed by atoms with Crippen LogP contribution in [0, 0.1) is 11.8 Å². The quantitative estimate of drug-likeness (QED) is 0.659. The molecule has 1 saturated carbocycles. The molecule has 3 unspecified atom stereocenters. The monoisotopic (exact) mass is 172 g/mol. The fourth-order valence-electron chi connectivity index (χ4n) is 1.97. The van der Waals surface area contributed by atoms with Crippen molar-refractivity contribution in [1.82, 2.24) is 0 Å². The summed E-state index contributed by atoms with van der Waals surface area (Å²) in [5.74, 6) is -0.504. The molecule has 0 saturated heterocycles. The minimum atomic E-state index is -0.760. The number of aliphatic carboxylic acids is 1. The lowest BCUT2D eigenvalue weighted by Crippen LogP contribution is -2.29. The molecule has 3 heteroatoms. The first-order valence-electron chi connectivity index (χ1n) is 4.37. The first kappa shape index (κ1) is 9.52. The SMILES string of the molecule is CC1C(CC(=O)O)CCC1(C)O. The second-order valence-electron chi connectivity index (χ2n) is 4.04. The predicted molar refractivity (Wildman–Crippen MR) is 44.8 cm³/mol. The number of rotatable bonds is 2. The highest BCUT2D eigenvalue weighted by Gasteiger charge is 2.41. The Kier molecular flexibility index (Phi) is 2.42. The van der Waals surface area contributed by atoms with Gasteiger partial charge in [-0.3, -0.25) is 4.79 Å². The molecule has 0 spiro atoms. The Morgan fingerprint density at radius 1 is 1.67 bits per heavy atom. The predicted octanol–water partition coefficient (Wildman–Crippen LogP) is 1.26. The standard InChI is InChI=1S/C9H16O3/c1-6-7(5-8(10)11)3-4-9(6,2)12/h6-7,12H,3-5H2,1-2H3,(H,10,11). The van der Waals surface area contributed by atoms with E-state index >= 15 is 0 Å². The zero-order valence-corrected chi connectivity index (χ0v) is 7.58. The summed E-state index contributed by atoms with van der Waals surface area (Å²) in [4.78, 5) is 10.4. The van der Waals surface area contributed by atoms with Crippen LogP contribution in [0.1, 0.15) is 33.1 Å². The smallest absolute Gasteiger partial charge is 0.303 e. The maximum atomic E-state index is 10.4. The minimum Gasteiger partial charge on any atom is -0.481 e. The highest BCUT2D eigenvalue weighted by Crippen LogP contribution is 2.41. The molecule has 0 bridgehead atoms. The van der Waals surface area contributed by atoms with Crippen molar-refractivity contribution in [2.24, 2.45) is 11.8 Å². The minimum absolute atomic E-state index is 0.105. The van der Waals surface area contributed by atoms with Gasteiger partial charge in [0.05, 0.1) is 5.60 Å². The lowest BCUT2D eigenvalue weighted by atomic mass is 9.87. The Labute approximate surface area is 72.4 Å². The number of hydrogen-bond donors (Lipinski definition) is 2. The van der Waals surface area contributed by atoms with Crippen LogP contribution < -0.4 is 0 Å². The Hall–Kier alpha value is -0.570. The average molecular weight is 172 g/mol. The first-order valence-corrected chi connectivity index (χ1v) is 4.37. The van der Waals surface area contributed by atoms with Crippen molar-refractivity contribution in [1.29, 1.82) is 0 Å². The summed E-state index contributed by atoms with van der Waals surface area (Å²) in [6.07, 6.45) is 1.75. The maximum Gasteiger partial charge on any atom is 0.303 e. The van der Waals surface area contributed by atoms with Crippen LogP contribution in [0.2, 0.25) is 0 Å². The number of hydrogen-bond acceptors (Lipinski definition) is 2. The molecule has 0 heterocycles. The zero-order valence-electron chi connectivity index (χ0n) is 7.58. The average Bonchev–Trinajstić information content (AvgIpc) is 2.15. The maximum absolute atomic E-state index is 10.4. The van der Waals surface area contributed by atoms with Gasteiger partial charge in [0.15, 0.2) is 0 Å². The number of aliphatic hydroxyl groups is 1.